The van der Waals surface area contributed by atoms with Crippen molar-refractivity contribution in [3.05, 3.63) is 47.7 Å². The number of hydrogen-bond acceptors (Lipinski definition) is 6. The van der Waals surface area contributed by atoms with E-state index in [1.807, 2.05) is 0 Å². The van der Waals surface area contributed by atoms with Crippen molar-refractivity contribution >= 4 is 11.7 Å². The number of rotatable bonds is 5. The first-order chi connectivity index (χ1) is 10.1. The number of anilines is 1. The van der Waals surface area contributed by atoms with Gasteiger partial charge in [-0.3, -0.25) is 0 Å². The predicted molar refractivity (Wildman–Crippen MR) is 77.0 cm³/mol. The quantitative estimate of drug-likeness (QED) is 0.818. The Hall–Kier alpha value is -2.60. The Morgan fingerprint density at radius 2 is 2.19 bits per heavy atom. The van der Waals surface area contributed by atoms with Gasteiger partial charge in [-0.15, -0.1) is 0 Å². The Labute approximate surface area is 122 Å². The smallest absolute Gasteiger partial charge is 0.340 e. The molecular formula is C15H16N2O4. The third-order valence-electron chi connectivity index (χ3n) is 2.71. The maximum Gasteiger partial charge on any atom is 0.340 e. The number of nitrogen functional groups attached to an aromatic ring is 1. The molecule has 0 fully saturated rings. The number of aromatic nitrogens is 1. The van der Waals surface area contributed by atoms with Crippen molar-refractivity contribution in [3.8, 4) is 11.6 Å². The van der Waals surface area contributed by atoms with Gasteiger partial charge >= 0.3 is 5.97 Å². The van der Waals surface area contributed by atoms with Crippen LogP contribution in [-0.4, -0.2) is 22.7 Å². The Morgan fingerprint density at radius 3 is 2.90 bits per heavy atom. The van der Waals surface area contributed by atoms with E-state index in [1.54, 1.807) is 31.2 Å². The highest BCUT2D eigenvalue weighted by atomic mass is 16.5. The molecule has 0 bridgehead atoms. The van der Waals surface area contributed by atoms with E-state index in [4.69, 9.17) is 20.3 Å². The minimum Gasteiger partial charge on any atom is -0.462 e. The molecule has 0 amide bonds. The van der Waals surface area contributed by atoms with Crippen LogP contribution < -0.4 is 10.5 Å². The maximum absolute atomic E-state index is 11.8. The SMILES string of the molecule is CCOC(=O)c1cc(Oc2cccc(CO)c2)ncc1N. The van der Waals surface area contributed by atoms with E-state index in [2.05, 4.69) is 4.98 Å². The largest absolute Gasteiger partial charge is 0.462 e. The van der Waals surface area contributed by atoms with Gasteiger partial charge in [-0.05, 0) is 24.6 Å². The summed E-state index contributed by atoms with van der Waals surface area (Å²) < 4.78 is 10.5. The zero-order chi connectivity index (χ0) is 15.2. The average Bonchev–Trinajstić information content (AvgIpc) is 2.49. The summed E-state index contributed by atoms with van der Waals surface area (Å²) in [5.41, 5.74) is 6.86. The summed E-state index contributed by atoms with van der Waals surface area (Å²) in [6.45, 7) is 1.89. The number of aliphatic hydroxyl groups excluding tert-OH is 1. The Balaban J connectivity index is 2.24. The number of aliphatic hydroxyl groups is 1. The van der Waals surface area contributed by atoms with Crippen LogP contribution in [0.1, 0.15) is 22.8 Å². The zero-order valence-electron chi connectivity index (χ0n) is 11.6. The standard InChI is InChI=1S/C15H16N2O4/c1-2-20-15(19)12-7-14(17-8-13(12)16)21-11-5-3-4-10(6-11)9-18/h3-8,18H,2,9,16H2,1H3. The van der Waals surface area contributed by atoms with E-state index >= 15 is 0 Å². The number of ether oxygens (including phenoxy) is 2. The van der Waals surface area contributed by atoms with Gasteiger partial charge in [0.1, 0.15) is 5.75 Å². The third-order valence-corrected chi connectivity index (χ3v) is 2.71. The number of nitrogens with zero attached hydrogens (tertiary/aromatic N) is 1. The predicted octanol–water partition coefficient (Wildman–Crippen LogP) is 2.13. The van der Waals surface area contributed by atoms with Crippen LogP contribution >= 0.6 is 0 Å². The van der Waals surface area contributed by atoms with Gasteiger partial charge < -0.3 is 20.3 Å². The summed E-state index contributed by atoms with van der Waals surface area (Å²) in [6.07, 6.45) is 1.34. The molecule has 0 radical (unpaired) electrons. The lowest BCUT2D eigenvalue weighted by atomic mass is 10.2. The highest BCUT2D eigenvalue weighted by molar-refractivity contribution is 5.95. The first kappa shape index (κ1) is 14.8. The molecule has 110 valence electrons. The summed E-state index contributed by atoms with van der Waals surface area (Å²) in [5.74, 6) is 0.210. The molecule has 3 N–H and O–H groups in total. The topological polar surface area (TPSA) is 94.7 Å². The van der Waals surface area contributed by atoms with Crippen molar-refractivity contribution in [1.29, 1.82) is 0 Å². The Morgan fingerprint density at radius 1 is 1.38 bits per heavy atom. The molecule has 1 aromatic heterocycles. The molecule has 0 unspecified atom stereocenters. The molecule has 21 heavy (non-hydrogen) atoms. The molecular weight excluding hydrogens is 272 g/mol. The summed E-state index contributed by atoms with van der Waals surface area (Å²) in [7, 11) is 0. The number of carbonyl (C=O) groups is 1. The highest BCUT2D eigenvalue weighted by Gasteiger charge is 2.13. The zero-order valence-corrected chi connectivity index (χ0v) is 11.6. The van der Waals surface area contributed by atoms with E-state index in [0.29, 0.717) is 11.3 Å². The average molecular weight is 288 g/mol. The lowest BCUT2D eigenvalue weighted by molar-refractivity contribution is 0.0527. The number of pyridine rings is 1. The second-order valence-corrected chi connectivity index (χ2v) is 4.24. The fourth-order valence-corrected chi connectivity index (χ4v) is 1.72. The van der Waals surface area contributed by atoms with Gasteiger partial charge in [0.2, 0.25) is 5.88 Å². The Kier molecular flexibility index (Phi) is 4.73. The van der Waals surface area contributed by atoms with Crippen LogP contribution in [0.5, 0.6) is 11.6 Å². The van der Waals surface area contributed by atoms with Crippen LogP contribution in [0.25, 0.3) is 0 Å². The van der Waals surface area contributed by atoms with E-state index < -0.39 is 5.97 Å². The van der Waals surface area contributed by atoms with Crippen molar-refractivity contribution in [2.75, 3.05) is 12.3 Å². The number of nitrogens with two attached hydrogens (primary N) is 1. The third kappa shape index (κ3) is 3.70. The van der Waals surface area contributed by atoms with Crippen LogP contribution in [-0.2, 0) is 11.3 Å². The van der Waals surface area contributed by atoms with Crippen molar-refractivity contribution in [2.24, 2.45) is 0 Å². The molecule has 0 aliphatic carbocycles. The molecule has 0 spiro atoms. The fourth-order valence-electron chi connectivity index (χ4n) is 1.72. The van der Waals surface area contributed by atoms with Gasteiger partial charge in [0.15, 0.2) is 0 Å². The van der Waals surface area contributed by atoms with Crippen molar-refractivity contribution in [3.63, 3.8) is 0 Å². The molecule has 1 aromatic carbocycles. The first-order valence-electron chi connectivity index (χ1n) is 6.44. The van der Waals surface area contributed by atoms with E-state index in [-0.39, 0.29) is 30.3 Å². The summed E-state index contributed by atoms with van der Waals surface area (Å²) in [5, 5.41) is 9.09. The summed E-state index contributed by atoms with van der Waals surface area (Å²) in [4.78, 5) is 15.8. The minimum atomic E-state index is -0.522. The van der Waals surface area contributed by atoms with Gasteiger partial charge in [0.25, 0.3) is 0 Å². The molecule has 6 nitrogen and oxygen atoms in total. The van der Waals surface area contributed by atoms with Gasteiger partial charge in [-0.2, -0.15) is 0 Å². The van der Waals surface area contributed by atoms with Crippen LogP contribution in [0, 0.1) is 0 Å². The van der Waals surface area contributed by atoms with Crippen LogP contribution in [0.4, 0.5) is 5.69 Å². The second kappa shape index (κ2) is 6.71. The van der Waals surface area contributed by atoms with Crippen LogP contribution in [0.2, 0.25) is 0 Å². The monoisotopic (exact) mass is 288 g/mol. The van der Waals surface area contributed by atoms with Gasteiger partial charge in [0, 0.05) is 6.07 Å². The number of benzene rings is 1. The van der Waals surface area contributed by atoms with Crippen molar-refractivity contribution in [2.45, 2.75) is 13.5 Å². The number of carbonyl (C=O) groups excluding carboxylic acids is 1. The number of hydrogen-bond donors (Lipinski definition) is 2. The number of esters is 1. The first-order valence-corrected chi connectivity index (χ1v) is 6.44. The molecule has 2 aromatic rings. The van der Waals surface area contributed by atoms with E-state index in [0.717, 1.165) is 0 Å². The molecule has 0 atom stereocenters. The highest BCUT2D eigenvalue weighted by Crippen LogP contribution is 2.24. The van der Waals surface area contributed by atoms with Crippen LogP contribution in [0.15, 0.2) is 36.5 Å². The molecule has 1 heterocycles. The summed E-state index contributed by atoms with van der Waals surface area (Å²) in [6, 6.07) is 8.36. The molecule has 0 saturated heterocycles. The summed E-state index contributed by atoms with van der Waals surface area (Å²) >= 11 is 0. The normalized spacial score (nSPS) is 10.2. The fraction of sp³-hybridized carbons (Fsp3) is 0.200. The minimum absolute atomic E-state index is 0.0829. The van der Waals surface area contributed by atoms with Crippen molar-refractivity contribution < 1.29 is 19.4 Å². The molecule has 0 saturated carbocycles. The molecule has 0 aliphatic rings. The van der Waals surface area contributed by atoms with Gasteiger partial charge in [-0.1, -0.05) is 12.1 Å². The maximum atomic E-state index is 11.8. The Bertz CT molecular complexity index is 643. The van der Waals surface area contributed by atoms with E-state index in [1.165, 1.54) is 12.3 Å². The van der Waals surface area contributed by atoms with E-state index in [9.17, 15) is 4.79 Å². The molecule has 6 heteroatoms. The van der Waals surface area contributed by atoms with Crippen LogP contribution in [0.3, 0.4) is 0 Å². The molecule has 2 rings (SSSR count). The molecule has 0 aliphatic heterocycles. The van der Waals surface area contributed by atoms with Gasteiger partial charge in [-0.25, -0.2) is 9.78 Å². The van der Waals surface area contributed by atoms with Crippen molar-refractivity contribution in [1.82, 2.24) is 4.98 Å². The lowest BCUT2D eigenvalue weighted by Gasteiger charge is -2.09. The second-order valence-electron chi connectivity index (χ2n) is 4.24. The lowest BCUT2D eigenvalue weighted by Crippen LogP contribution is -2.08. The van der Waals surface area contributed by atoms with Gasteiger partial charge in [0.05, 0.1) is 30.7 Å².